The van der Waals surface area contributed by atoms with Crippen LogP contribution in [0.5, 0.6) is 0 Å². The summed E-state index contributed by atoms with van der Waals surface area (Å²) in [6.45, 7) is 4.04. The Morgan fingerprint density at radius 1 is 1.32 bits per heavy atom. The number of amides is 1. The number of benzene rings is 1. The fraction of sp³-hybridized carbons (Fsp3) is 0.533. The van der Waals surface area contributed by atoms with Gasteiger partial charge in [0.2, 0.25) is 5.91 Å². The van der Waals surface area contributed by atoms with E-state index in [2.05, 4.69) is 36.5 Å². The first-order chi connectivity index (χ1) is 9.25. The Morgan fingerprint density at radius 2 is 2.11 bits per heavy atom. The number of carbonyl (C=O) groups excluding carboxylic acids is 1. The molecule has 2 heterocycles. The topological polar surface area (TPSA) is 41.6 Å². The SMILES string of the molecule is Cc1cccc(C2NCC(=O)N2C2CCOCC2)c1. The molecule has 1 aromatic rings. The molecule has 2 fully saturated rings. The van der Waals surface area contributed by atoms with Gasteiger partial charge < -0.3 is 9.64 Å². The maximum Gasteiger partial charge on any atom is 0.238 e. The van der Waals surface area contributed by atoms with Crippen molar-refractivity contribution in [1.29, 1.82) is 0 Å². The first-order valence-electron chi connectivity index (χ1n) is 6.94. The standard InChI is InChI=1S/C15H20N2O2/c1-11-3-2-4-12(9-11)15-16-10-14(18)17(15)13-5-7-19-8-6-13/h2-4,9,13,15-16H,5-8,10H2,1H3. The highest BCUT2D eigenvalue weighted by molar-refractivity contribution is 5.81. The Kier molecular flexibility index (Phi) is 3.53. The summed E-state index contributed by atoms with van der Waals surface area (Å²) in [6.07, 6.45) is 1.90. The van der Waals surface area contributed by atoms with E-state index in [1.165, 1.54) is 11.1 Å². The van der Waals surface area contributed by atoms with Gasteiger partial charge in [0.15, 0.2) is 0 Å². The van der Waals surface area contributed by atoms with Crippen LogP contribution < -0.4 is 5.32 Å². The van der Waals surface area contributed by atoms with E-state index < -0.39 is 0 Å². The van der Waals surface area contributed by atoms with Gasteiger partial charge in [-0.15, -0.1) is 0 Å². The molecule has 0 bridgehead atoms. The lowest BCUT2D eigenvalue weighted by Crippen LogP contribution is -2.42. The molecule has 4 heteroatoms. The Labute approximate surface area is 113 Å². The molecule has 1 unspecified atom stereocenters. The van der Waals surface area contributed by atoms with Crippen molar-refractivity contribution >= 4 is 5.91 Å². The van der Waals surface area contributed by atoms with Crippen molar-refractivity contribution in [2.45, 2.75) is 32.0 Å². The highest BCUT2D eigenvalue weighted by Crippen LogP contribution is 2.29. The minimum Gasteiger partial charge on any atom is -0.381 e. The molecule has 3 rings (SSSR count). The zero-order chi connectivity index (χ0) is 13.2. The van der Waals surface area contributed by atoms with E-state index in [0.29, 0.717) is 12.6 Å². The maximum atomic E-state index is 12.2. The molecule has 0 aromatic heterocycles. The number of rotatable bonds is 2. The first kappa shape index (κ1) is 12.6. The zero-order valence-corrected chi connectivity index (χ0v) is 11.3. The van der Waals surface area contributed by atoms with Gasteiger partial charge in [-0.05, 0) is 25.3 Å². The summed E-state index contributed by atoms with van der Waals surface area (Å²) in [4.78, 5) is 14.2. The van der Waals surface area contributed by atoms with E-state index in [4.69, 9.17) is 4.74 Å². The summed E-state index contributed by atoms with van der Waals surface area (Å²) in [5.74, 6) is 0.207. The summed E-state index contributed by atoms with van der Waals surface area (Å²) >= 11 is 0. The lowest BCUT2D eigenvalue weighted by molar-refractivity contribution is -0.132. The maximum absolute atomic E-state index is 12.2. The quantitative estimate of drug-likeness (QED) is 0.878. The minimum absolute atomic E-state index is 0.0236. The Hall–Kier alpha value is -1.39. The average molecular weight is 260 g/mol. The molecule has 1 amide bonds. The van der Waals surface area contributed by atoms with E-state index in [1.54, 1.807) is 0 Å². The summed E-state index contributed by atoms with van der Waals surface area (Å²) < 4.78 is 5.40. The molecule has 1 atom stereocenters. The van der Waals surface area contributed by atoms with Crippen LogP contribution in [0.15, 0.2) is 24.3 Å². The summed E-state index contributed by atoms with van der Waals surface area (Å²) in [7, 11) is 0. The second-order valence-corrected chi connectivity index (χ2v) is 5.34. The van der Waals surface area contributed by atoms with Gasteiger partial charge in [-0.3, -0.25) is 10.1 Å². The first-order valence-corrected chi connectivity index (χ1v) is 6.94. The number of hydrogen-bond acceptors (Lipinski definition) is 3. The average Bonchev–Trinajstić information content (AvgIpc) is 2.82. The molecule has 1 N–H and O–H groups in total. The van der Waals surface area contributed by atoms with Gasteiger partial charge in [-0.25, -0.2) is 0 Å². The van der Waals surface area contributed by atoms with Crippen molar-refractivity contribution in [2.24, 2.45) is 0 Å². The molecule has 0 spiro atoms. The molecule has 19 heavy (non-hydrogen) atoms. The van der Waals surface area contributed by atoms with Crippen LogP contribution in [-0.4, -0.2) is 36.6 Å². The van der Waals surface area contributed by atoms with Crippen molar-refractivity contribution in [3.63, 3.8) is 0 Å². The van der Waals surface area contributed by atoms with Crippen LogP contribution in [0.3, 0.4) is 0 Å². The number of ether oxygens (including phenoxy) is 1. The van der Waals surface area contributed by atoms with Gasteiger partial charge in [0, 0.05) is 19.3 Å². The number of aryl methyl sites for hydroxylation is 1. The van der Waals surface area contributed by atoms with Crippen molar-refractivity contribution in [1.82, 2.24) is 10.2 Å². The predicted octanol–water partition coefficient (Wildman–Crippen LogP) is 1.60. The molecule has 2 saturated heterocycles. The van der Waals surface area contributed by atoms with Crippen molar-refractivity contribution in [3.8, 4) is 0 Å². The predicted molar refractivity (Wildman–Crippen MR) is 72.6 cm³/mol. The van der Waals surface area contributed by atoms with Gasteiger partial charge in [0.1, 0.15) is 6.17 Å². The van der Waals surface area contributed by atoms with Crippen LogP contribution in [0.1, 0.15) is 30.1 Å². The van der Waals surface area contributed by atoms with Crippen LogP contribution in [0.2, 0.25) is 0 Å². The molecule has 2 aliphatic rings. The summed E-state index contributed by atoms with van der Waals surface area (Å²) in [5, 5.41) is 3.33. The third-order valence-electron chi connectivity index (χ3n) is 3.95. The molecular weight excluding hydrogens is 240 g/mol. The monoisotopic (exact) mass is 260 g/mol. The van der Waals surface area contributed by atoms with Gasteiger partial charge in [0.25, 0.3) is 0 Å². The molecular formula is C15H20N2O2. The van der Waals surface area contributed by atoms with Crippen LogP contribution in [0.25, 0.3) is 0 Å². The van der Waals surface area contributed by atoms with Crippen LogP contribution in [0.4, 0.5) is 0 Å². The van der Waals surface area contributed by atoms with Crippen LogP contribution in [0, 0.1) is 6.92 Å². The lowest BCUT2D eigenvalue weighted by Gasteiger charge is -2.35. The van der Waals surface area contributed by atoms with Gasteiger partial charge in [0.05, 0.1) is 6.54 Å². The minimum atomic E-state index is 0.0236. The van der Waals surface area contributed by atoms with Crippen molar-refractivity contribution in [3.05, 3.63) is 35.4 Å². The molecule has 1 aromatic carbocycles. The van der Waals surface area contributed by atoms with Gasteiger partial charge in [-0.2, -0.15) is 0 Å². The number of carbonyl (C=O) groups is 1. The normalized spacial score (nSPS) is 25.0. The number of nitrogens with zero attached hydrogens (tertiary/aromatic N) is 1. The van der Waals surface area contributed by atoms with Crippen molar-refractivity contribution in [2.75, 3.05) is 19.8 Å². The highest BCUT2D eigenvalue weighted by Gasteiger charge is 2.37. The molecule has 2 aliphatic heterocycles. The van der Waals surface area contributed by atoms with E-state index >= 15 is 0 Å². The van der Waals surface area contributed by atoms with E-state index in [-0.39, 0.29) is 12.1 Å². The lowest BCUT2D eigenvalue weighted by atomic mass is 10.0. The molecule has 0 radical (unpaired) electrons. The Bertz CT molecular complexity index is 469. The van der Waals surface area contributed by atoms with E-state index in [0.717, 1.165) is 26.1 Å². The molecule has 102 valence electrons. The fourth-order valence-corrected chi connectivity index (χ4v) is 3.01. The number of nitrogens with one attached hydrogen (secondary N) is 1. The van der Waals surface area contributed by atoms with Gasteiger partial charge in [-0.1, -0.05) is 29.8 Å². The Morgan fingerprint density at radius 3 is 2.84 bits per heavy atom. The van der Waals surface area contributed by atoms with Crippen LogP contribution in [-0.2, 0) is 9.53 Å². The zero-order valence-electron chi connectivity index (χ0n) is 11.3. The smallest absolute Gasteiger partial charge is 0.238 e. The Balaban J connectivity index is 1.85. The molecule has 0 saturated carbocycles. The fourth-order valence-electron chi connectivity index (χ4n) is 3.01. The summed E-state index contributed by atoms with van der Waals surface area (Å²) in [6, 6.07) is 8.69. The highest BCUT2D eigenvalue weighted by atomic mass is 16.5. The second kappa shape index (κ2) is 5.31. The van der Waals surface area contributed by atoms with E-state index in [1.807, 2.05) is 4.90 Å². The molecule has 0 aliphatic carbocycles. The summed E-state index contributed by atoms with van der Waals surface area (Å²) in [5.41, 5.74) is 2.41. The third-order valence-corrected chi connectivity index (χ3v) is 3.95. The second-order valence-electron chi connectivity index (χ2n) is 5.34. The van der Waals surface area contributed by atoms with Crippen LogP contribution >= 0.6 is 0 Å². The largest absolute Gasteiger partial charge is 0.381 e. The molecule has 4 nitrogen and oxygen atoms in total. The third kappa shape index (κ3) is 2.51. The van der Waals surface area contributed by atoms with Gasteiger partial charge >= 0.3 is 0 Å². The number of hydrogen-bond donors (Lipinski definition) is 1. The van der Waals surface area contributed by atoms with Crippen molar-refractivity contribution < 1.29 is 9.53 Å². The van der Waals surface area contributed by atoms with E-state index in [9.17, 15) is 4.79 Å².